The van der Waals surface area contributed by atoms with Crippen molar-refractivity contribution in [3.63, 3.8) is 0 Å². The summed E-state index contributed by atoms with van der Waals surface area (Å²) in [6.45, 7) is 0. The molecule has 44 heavy (non-hydrogen) atoms. The fourth-order valence-corrected chi connectivity index (χ4v) is 5.05. The molecule has 0 aliphatic heterocycles. The number of carboxylic acid groups (broad SMARTS) is 2. The van der Waals surface area contributed by atoms with Gasteiger partial charge in [0.1, 0.15) is 22.0 Å². The molecule has 0 saturated heterocycles. The van der Waals surface area contributed by atoms with E-state index in [2.05, 4.69) is 20.5 Å². The molecule has 0 radical (unpaired) electrons. The number of carbonyl (C=O) groups is 2. The molecule has 0 fully saturated rings. The van der Waals surface area contributed by atoms with E-state index in [-0.39, 0.29) is 55.8 Å². The number of fused-ring (bicyclic) bond motifs is 2. The first-order chi connectivity index (χ1) is 20.9. The third kappa shape index (κ3) is 5.72. The Bertz CT molecular complexity index is 2180. The Hall–Kier alpha value is -5.93. The minimum Gasteiger partial charge on any atom is -0.505 e. The van der Waals surface area contributed by atoms with E-state index < -0.39 is 38.4 Å². The topological polar surface area (TPSA) is 234 Å². The maximum Gasteiger partial charge on any atom is 0.335 e. The van der Waals surface area contributed by atoms with E-state index >= 15 is 0 Å². The summed E-state index contributed by atoms with van der Waals surface area (Å²) in [4.78, 5) is 22.4. The van der Waals surface area contributed by atoms with Gasteiger partial charge >= 0.3 is 11.9 Å². The lowest BCUT2D eigenvalue weighted by atomic mass is 10.0. The number of azo groups is 2. The summed E-state index contributed by atoms with van der Waals surface area (Å²) in [6, 6.07) is 16.4. The molecule has 0 aliphatic rings. The van der Waals surface area contributed by atoms with E-state index in [9.17, 15) is 37.9 Å². The number of methoxy groups -OCH3 is 1. The third-order valence-corrected chi connectivity index (χ3v) is 7.39. The van der Waals surface area contributed by atoms with Gasteiger partial charge in [-0.2, -0.15) is 8.42 Å². The van der Waals surface area contributed by atoms with Crippen molar-refractivity contribution < 1.29 is 42.6 Å². The molecular weight excluding hydrogens is 594 g/mol. The van der Waals surface area contributed by atoms with Crippen molar-refractivity contribution >= 4 is 72.0 Å². The van der Waals surface area contributed by atoms with Crippen molar-refractivity contribution in [3.8, 4) is 11.5 Å². The fourth-order valence-electron chi connectivity index (χ4n) is 4.39. The Labute approximate surface area is 248 Å². The summed E-state index contributed by atoms with van der Waals surface area (Å²) in [5, 5.41) is 47.2. The monoisotopic (exact) mass is 615 g/mol. The normalized spacial score (nSPS) is 12.0. The van der Waals surface area contributed by atoms with Crippen LogP contribution in [0.1, 0.15) is 20.7 Å². The van der Waals surface area contributed by atoms with Gasteiger partial charge < -0.3 is 25.8 Å². The molecule has 0 spiro atoms. The van der Waals surface area contributed by atoms with E-state index in [4.69, 9.17) is 10.5 Å². The maximum atomic E-state index is 12.2. The average molecular weight is 616 g/mol. The van der Waals surface area contributed by atoms with Crippen LogP contribution in [0.15, 0.2) is 98.1 Å². The highest BCUT2D eigenvalue weighted by atomic mass is 32.2. The zero-order chi connectivity index (χ0) is 31.8. The van der Waals surface area contributed by atoms with Crippen LogP contribution in [0.5, 0.6) is 11.5 Å². The van der Waals surface area contributed by atoms with E-state index in [1.807, 2.05) is 0 Å². The number of hydrogen-bond acceptors (Lipinski definition) is 11. The number of phenolic OH excluding ortho intramolecular Hbond substituents is 1. The van der Waals surface area contributed by atoms with Crippen LogP contribution in [0, 0.1) is 0 Å². The number of aromatic hydroxyl groups is 1. The number of hydrogen-bond donors (Lipinski definition) is 5. The molecule has 0 amide bonds. The Morgan fingerprint density at radius 2 is 1.34 bits per heavy atom. The molecule has 0 heterocycles. The van der Waals surface area contributed by atoms with Gasteiger partial charge in [0.25, 0.3) is 10.1 Å². The zero-order valence-corrected chi connectivity index (χ0v) is 23.3. The van der Waals surface area contributed by atoms with Gasteiger partial charge in [0, 0.05) is 21.8 Å². The van der Waals surface area contributed by atoms with Gasteiger partial charge in [-0.3, -0.25) is 4.55 Å². The standard InChI is InChI=1S/C29H21N5O9S/c1-43-24-9-4-16(29(38)39)11-23(24)33-31-21-7-8-22(20-10-15(28(36)37)3-6-18(20)21)32-34-26-25(44(40,41)42)12-14-2-5-17(30)13-19(14)27(26)35/h2-13,35H,30H2,1H3,(H,36,37)(H,38,39)(H,40,41,42). The second kappa shape index (κ2) is 11.4. The Morgan fingerprint density at radius 1 is 0.727 bits per heavy atom. The Morgan fingerprint density at radius 3 is 2.00 bits per heavy atom. The van der Waals surface area contributed by atoms with Crippen LogP contribution in [0.25, 0.3) is 21.5 Å². The summed E-state index contributed by atoms with van der Waals surface area (Å²) in [6.07, 6.45) is 0. The highest BCUT2D eigenvalue weighted by molar-refractivity contribution is 7.86. The van der Waals surface area contributed by atoms with Crippen LogP contribution in [0.2, 0.25) is 0 Å². The lowest BCUT2D eigenvalue weighted by Crippen LogP contribution is -1.99. The number of aromatic carboxylic acids is 2. The Kier molecular flexibility index (Phi) is 7.65. The average Bonchev–Trinajstić information content (AvgIpc) is 2.98. The first-order valence-corrected chi connectivity index (χ1v) is 13.9. The number of anilines is 1. The highest BCUT2D eigenvalue weighted by Crippen LogP contribution is 2.43. The molecule has 222 valence electrons. The van der Waals surface area contributed by atoms with Gasteiger partial charge in [0.2, 0.25) is 0 Å². The molecule has 15 heteroatoms. The van der Waals surface area contributed by atoms with Gasteiger partial charge in [-0.15, -0.1) is 20.5 Å². The first-order valence-electron chi connectivity index (χ1n) is 12.4. The maximum absolute atomic E-state index is 12.2. The Balaban J connectivity index is 1.67. The number of nitrogens with two attached hydrogens (primary N) is 1. The van der Waals surface area contributed by atoms with Crippen LogP contribution in [-0.4, -0.2) is 47.3 Å². The SMILES string of the molecule is COc1ccc(C(=O)O)cc1N=Nc1ccc(N=Nc2c(S(=O)(=O)O)cc3ccc(N)cc3c2O)c2cc(C(=O)O)ccc12. The van der Waals surface area contributed by atoms with Crippen molar-refractivity contribution in [1.82, 2.24) is 0 Å². The smallest absolute Gasteiger partial charge is 0.335 e. The van der Waals surface area contributed by atoms with Crippen LogP contribution in [0.3, 0.4) is 0 Å². The molecule has 0 aromatic heterocycles. The van der Waals surface area contributed by atoms with Gasteiger partial charge in [-0.05, 0) is 66.0 Å². The molecule has 5 aromatic rings. The number of rotatable bonds is 8. The predicted molar refractivity (Wildman–Crippen MR) is 159 cm³/mol. The van der Waals surface area contributed by atoms with Crippen LogP contribution >= 0.6 is 0 Å². The van der Waals surface area contributed by atoms with Crippen molar-refractivity contribution in [2.75, 3.05) is 12.8 Å². The van der Waals surface area contributed by atoms with Gasteiger partial charge in [0.15, 0.2) is 5.75 Å². The van der Waals surface area contributed by atoms with E-state index in [0.717, 1.165) is 6.07 Å². The van der Waals surface area contributed by atoms with Crippen LogP contribution < -0.4 is 10.5 Å². The van der Waals surface area contributed by atoms with Crippen LogP contribution in [0.4, 0.5) is 28.4 Å². The quantitative estimate of drug-likeness (QED) is 0.0698. The summed E-state index contributed by atoms with van der Waals surface area (Å²) in [7, 11) is -3.49. The van der Waals surface area contributed by atoms with Gasteiger partial charge in [0.05, 0.1) is 29.6 Å². The number of nitrogen functional groups attached to an aromatic ring is 1. The van der Waals surface area contributed by atoms with Crippen molar-refractivity contribution in [2.24, 2.45) is 20.5 Å². The second-order valence-corrected chi connectivity index (χ2v) is 10.7. The molecule has 0 aliphatic carbocycles. The molecule has 0 unspecified atom stereocenters. The van der Waals surface area contributed by atoms with Crippen molar-refractivity contribution in [3.05, 3.63) is 83.9 Å². The fraction of sp³-hybridized carbons (Fsp3) is 0.0345. The summed E-state index contributed by atoms with van der Waals surface area (Å²) in [5.74, 6) is -2.77. The van der Waals surface area contributed by atoms with E-state index in [0.29, 0.717) is 5.39 Å². The van der Waals surface area contributed by atoms with Crippen molar-refractivity contribution in [2.45, 2.75) is 4.90 Å². The first kappa shape index (κ1) is 29.6. The molecule has 0 atom stereocenters. The summed E-state index contributed by atoms with van der Waals surface area (Å²) < 4.78 is 39.5. The summed E-state index contributed by atoms with van der Waals surface area (Å²) in [5.41, 5.74) is 5.78. The number of carboxylic acids is 2. The van der Waals surface area contributed by atoms with Crippen LogP contribution in [-0.2, 0) is 10.1 Å². The second-order valence-electron chi connectivity index (χ2n) is 9.29. The van der Waals surface area contributed by atoms with E-state index in [1.165, 1.54) is 73.8 Å². The van der Waals surface area contributed by atoms with Gasteiger partial charge in [-0.1, -0.05) is 12.1 Å². The molecule has 5 aromatic carbocycles. The number of benzene rings is 5. The molecule has 0 bridgehead atoms. The molecule has 6 N–H and O–H groups in total. The lowest BCUT2D eigenvalue weighted by molar-refractivity contribution is 0.0686. The number of nitrogens with zero attached hydrogens (tertiary/aromatic N) is 4. The predicted octanol–water partition coefficient (Wildman–Crippen LogP) is 6.76. The number of ether oxygens (including phenoxy) is 1. The van der Waals surface area contributed by atoms with Crippen molar-refractivity contribution in [1.29, 1.82) is 0 Å². The number of phenols is 1. The molecule has 0 saturated carbocycles. The lowest BCUT2D eigenvalue weighted by Gasteiger charge is -2.10. The minimum absolute atomic E-state index is 0.0460. The van der Waals surface area contributed by atoms with E-state index in [1.54, 1.807) is 0 Å². The molecular formula is C29H21N5O9S. The highest BCUT2D eigenvalue weighted by Gasteiger charge is 2.22. The zero-order valence-electron chi connectivity index (χ0n) is 22.5. The molecule has 5 rings (SSSR count). The minimum atomic E-state index is -4.87. The summed E-state index contributed by atoms with van der Waals surface area (Å²) >= 11 is 0. The third-order valence-electron chi connectivity index (χ3n) is 6.52. The largest absolute Gasteiger partial charge is 0.505 e. The van der Waals surface area contributed by atoms with Gasteiger partial charge in [-0.25, -0.2) is 9.59 Å². The molecule has 14 nitrogen and oxygen atoms in total.